The van der Waals surface area contributed by atoms with E-state index >= 15 is 0 Å². The van der Waals surface area contributed by atoms with Gasteiger partial charge in [-0.25, -0.2) is 0 Å². The Bertz CT molecular complexity index is 401. The van der Waals surface area contributed by atoms with Crippen molar-refractivity contribution in [3.63, 3.8) is 0 Å². The van der Waals surface area contributed by atoms with Gasteiger partial charge in [0.25, 0.3) is 0 Å². The molecule has 2 atom stereocenters. The lowest BCUT2D eigenvalue weighted by Crippen LogP contribution is -2.44. The summed E-state index contributed by atoms with van der Waals surface area (Å²) in [5.74, 6) is 0.860. The van der Waals surface area contributed by atoms with Gasteiger partial charge in [-0.2, -0.15) is 0 Å². The van der Waals surface area contributed by atoms with Gasteiger partial charge in [-0.15, -0.1) is 24.2 Å². The van der Waals surface area contributed by atoms with Crippen LogP contribution >= 0.6 is 24.2 Å². The molecule has 0 fully saturated rings. The van der Waals surface area contributed by atoms with Crippen LogP contribution in [-0.2, 0) is 9.53 Å². The summed E-state index contributed by atoms with van der Waals surface area (Å²) in [7, 11) is 1.53. The first-order valence-corrected chi connectivity index (χ1v) is 7.34. The Balaban J connectivity index is 0.00000361. The van der Waals surface area contributed by atoms with E-state index in [9.17, 15) is 4.79 Å². The molecule has 0 bridgehead atoms. The van der Waals surface area contributed by atoms with Gasteiger partial charge in [-0.1, -0.05) is 19.1 Å². The van der Waals surface area contributed by atoms with E-state index < -0.39 is 6.04 Å². The van der Waals surface area contributed by atoms with Crippen molar-refractivity contribution >= 4 is 30.1 Å². The molecule has 6 heteroatoms. The van der Waals surface area contributed by atoms with Crippen molar-refractivity contribution in [1.29, 1.82) is 0 Å². The second-order valence-corrected chi connectivity index (χ2v) is 5.63. The molecule has 114 valence electrons. The monoisotopic (exact) mass is 318 g/mol. The second kappa shape index (κ2) is 10.0. The zero-order valence-corrected chi connectivity index (χ0v) is 13.7. The summed E-state index contributed by atoms with van der Waals surface area (Å²) in [6, 6.07) is 7.52. The molecular formula is C14H23ClN2O2S. The standard InChI is InChI=1S/C14H22N2O2S.ClH/c1-4-19-12-7-5-11(6-8-12)10(2)16-14(17)13(15)9-18-3;/h5-8,10,13H,4,9,15H2,1-3H3,(H,16,17);1H. The number of carbonyl (C=O) groups excluding carboxylic acids is 1. The van der Waals surface area contributed by atoms with Gasteiger partial charge in [0.05, 0.1) is 12.6 Å². The minimum absolute atomic E-state index is 0. The Labute approximate surface area is 131 Å². The Kier molecular flexibility index (Phi) is 9.67. The molecule has 0 saturated heterocycles. The third-order valence-electron chi connectivity index (χ3n) is 2.73. The summed E-state index contributed by atoms with van der Waals surface area (Å²) in [5, 5.41) is 2.88. The maximum absolute atomic E-state index is 11.8. The number of methoxy groups -OCH3 is 1. The summed E-state index contributed by atoms with van der Waals surface area (Å²) >= 11 is 1.80. The van der Waals surface area contributed by atoms with Gasteiger partial charge in [-0.3, -0.25) is 4.79 Å². The van der Waals surface area contributed by atoms with Crippen molar-refractivity contribution in [2.75, 3.05) is 19.5 Å². The zero-order valence-electron chi connectivity index (χ0n) is 12.1. The van der Waals surface area contributed by atoms with Crippen LogP contribution in [0.25, 0.3) is 0 Å². The first kappa shape index (κ1) is 19.2. The van der Waals surface area contributed by atoms with Crippen molar-refractivity contribution in [1.82, 2.24) is 5.32 Å². The number of ether oxygens (including phenoxy) is 1. The van der Waals surface area contributed by atoms with Crippen LogP contribution in [0.4, 0.5) is 0 Å². The predicted molar refractivity (Wildman–Crippen MR) is 86.5 cm³/mol. The highest BCUT2D eigenvalue weighted by Crippen LogP contribution is 2.20. The van der Waals surface area contributed by atoms with Crippen LogP contribution in [0, 0.1) is 0 Å². The lowest BCUT2D eigenvalue weighted by Gasteiger charge is -2.17. The number of rotatable bonds is 7. The van der Waals surface area contributed by atoms with Crippen LogP contribution < -0.4 is 11.1 Å². The van der Waals surface area contributed by atoms with Crippen LogP contribution in [0.1, 0.15) is 25.5 Å². The SMILES string of the molecule is CCSc1ccc(C(C)NC(=O)C(N)COC)cc1.Cl. The Hall–Kier alpha value is -0.750. The van der Waals surface area contributed by atoms with Gasteiger partial charge in [0.1, 0.15) is 6.04 Å². The van der Waals surface area contributed by atoms with E-state index in [1.807, 2.05) is 19.1 Å². The number of hydrogen-bond donors (Lipinski definition) is 2. The fourth-order valence-corrected chi connectivity index (χ4v) is 2.34. The highest BCUT2D eigenvalue weighted by Gasteiger charge is 2.16. The summed E-state index contributed by atoms with van der Waals surface area (Å²) in [6.07, 6.45) is 0. The lowest BCUT2D eigenvalue weighted by molar-refractivity contribution is -0.124. The van der Waals surface area contributed by atoms with E-state index in [0.29, 0.717) is 0 Å². The van der Waals surface area contributed by atoms with Gasteiger partial charge in [0.2, 0.25) is 5.91 Å². The quantitative estimate of drug-likeness (QED) is 0.758. The van der Waals surface area contributed by atoms with Crippen LogP contribution in [-0.4, -0.2) is 31.4 Å². The minimum Gasteiger partial charge on any atom is -0.383 e. The topological polar surface area (TPSA) is 64.4 Å². The number of nitrogens with one attached hydrogen (secondary N) is 1. The average Bonchev–Trinajstić information content (AvgIpc) is 2.40. The maximum Gasteiger partial charge on any atom is 0.239 e. The Morgan fingerprint density at radius 2 is 2.00 bits per heavy atom. The van der Waals surface area contributed by atoms with Crippen LogP contribution in [0.5, 0.6) is 0 Å². The number of halogens is 1. The largest absolute Gasteiger partial charge is 0.383 e. The molecule has 0 aliphatic rings. The average molecular weight is 319 g/mol. The molecule has 0 heterocycles. The Morgan fingerprint density at radius 1 is 1.40 bits per heavy atom. The van der Waals surface area contributed by atoms with Crippen LogP contribution in [0.3, 0.4) is 0 Å². The summed E-state index contributed by atoms with van der Waals surface area (Å²) < 4.78 is 4.87. The summed E-state index contributed by atoms with van der Waals surface area (Å²) in [4.78, 5) is 13.0. The van der Waals surface area contributed by atoms with Crippen molar-refractivity contribution < 1.29 is 9.53 Å². The van der Waals surface area contributed by atoms with Gasteiger partial charge >= 0.3 is 0 Å². The first-order chi connectivity index (χ1) is 9.08. The van der Waals surface area contributed by atoms with Gasteiger partial charge in [-0.05, 0) is 30.4 Å². The number of carbonyl (C=O) groups is 1. The first-order valence-electron chi connectivity index (χ1n) is 6.36. The molecule has 0 aromatic heterocycles. The highest BCUT2D eigenvalue weighted by molar-refractivity contribution is 7.99. The zero-order chi connectivity index (χ0) is 14.3. The molecule has 0 radical (unpaired) electrons. The fraction of sp³-hybridized carbons (Fsp3) is 0.500. The molecule has 0 saturated carbocycles. The van der Waals surface area contributed by atoms with Crippen LogP contribution in [0.2, 0.25) is 0 Å². The van der Waals surface area contributed by atoms with E-state index in [1.165, 1.54) is 12.0 Å². The van der Waals surface area contributed by atoms with Gasteiger partial charge < -0.3 is 15.8 Å². The number of amides is 1. The van der Waals surface area contributed by atoms with E-state index in [1.54, 1.807) is 11.8 Å². The van der Waals surface area contributed by atoms with E-state index in [0.717, 1.165) is 11.3 Å². The minimum atomic E-state index is -0.623. The Morgan fingerprint density at radius 3 is 2.50 bits per heavy atom. The van der Waals surface area contributed by atoms with Crippen molar-refractivity contribution in [2.24, 2.45) is 5.73 Å². The van der Waals surface area contributed by atoms with Gasteiger partial charge in [0, 0.05) is 12.0 Å². The number of nitrogens with two attached hydrogens (primary N) is 1. The molecule has 1 aromatic carbocycles. The molecule has 1 rings (SSSR count). The van der Waals surface area contributed by atoms with Crippen LogP contribution in [0.15, 0.2) is 29.2 Å². The van der Waals surface area contributed by atoms with E-state index in [-0.39, 0.29) is 31.0 Å². The number of thioether (sulfide) groups is 1. The smallest absolute Gasteiger partial charge is 0.239 e. The molecule has 20 heavy (non-hydrogen) atoms. The number of hydrogen-bond acceptors (Lipinski definition) is 4. The molecule has 3 N–H and O–H groups in total. The van der Waals surface area contributed by atoms with Gasteiger partial charge in [0.15, 0.2) is 0 Å². The fourth-order valence-electron chi connectivity index (χ4n) is 1.68. The third-order valence-corrected chi connectivity index (χ3v) is 3.63. The third kappa shape index (κ3) is 6.13. The molecule has 1 amide bonds. The molecule has 0 spiro atoms. The maximum atomic E-state index is 11.8. The molecule has 4 nitrogen and oxygen atoms in total. The highest BCUT2D eigenvalue weighted by atomic mass is 35.5. The molecular weight excluding hydrogens is 296 g/mol. The molecule has 2 unspecified atom stereocenters. The van der Waals surface area contributed by atoms with E-state index in [2.05, 4.69) is 24.4 Å². The van der Waals surface area contributed by atoms with E-state index in [4.69, 9.17) is 10.5 Å². The second-order valence-electron chi connectivity index (χ2n) is 4.29. The molecule has 0 aliphatic heterocycles. The normalized spacial score (nSPS) is 13.2. The van der Waals surface area contributed by atoms with Crippen molar-refractivity contribution in [3.05, 3.63) is 29.8 Å². The predicted octanol–water partition coefficient (Wildman–Crippen LogP) is 2.37. The summed E-state index contributed by atoms with van der Waals surface area (Å²) in [6.45, 7) is 4.29. The lowest BCUT2D eigenvalue weighted by atomic mass is 10.1. The summed E-state index contributed by atoms with van der Waals surface area (Å²) in [5.41, 5.74) is 6.75. The molecule has 1 aromatic rings. The van der Waals surface area contributed by atoms with Crippen molar-refractivity contribution in [3.8, 4) is 0 Å². The number of benzene rings is 1. The van der Waals surface area contributed by atoms with Crippen molar-refractivity contribution in [2.45, 2.75) is 30.8 Å². The molecule has 0 aliphatic carbocycles.